The Labute approximate surface area is 135 Å². The van der Waals surface area contributed by atoms with E-state index in [9.17, 15) is 13.6 Å². The predicted molar refractivity (Wildman–Crippen MR) is 83.1 cm³/mol. The number of para-hydroxylation sites is 1. The predicted octanol–water partition coefficient (Wildman–Crippen LogP) is 4.55. The highest BCUT2D eigenvalue weighted by atomic mass is 32.2. The third-order valence-corrected chi connectivity index (χ3v) is 4.11. The summed E-state index contributed by atoms with van der Waals surface area (Å²) in [5, 5.41) is 0.932. The van der Waals surface area contributed by atoms with Crippen molar-refractivity contribution in [3.8, 4) is 0 Å². The van der Waals surface area contributed by atoms with Crippen molar-refractivity contribution in [2.45, 2.75) is 11.5 Å². The summed E-state index contributed by atoms with van der Waals surface area (Å²) in [5.41, 5.74) is 0.723. The molecule has 0 aliphatic heterocycles. The van der Waals surface area contributed by atoms with Gasteiger partial charge in [0.15, 0.2) is 0 Å². The van der Waals surface area contributed by atoms with E-state index in [-0.39, 0.29) is 17.3 Å². The number of furan rings is 1. The van der Waals surface area contributed by atoms with Gasteiger partial charge < -0.3 is 9.15 Å². The maximum Gasteiger partial charge on any atom is 0.316 e. The van der Waals surface area contributed by atoms with Crippen LogP contribution in [0.4, 0.5) is 8.78 Å². The van der Waals surface area contributed by atoms with E-state index in [4.69, 9.17) is 9.15 Å². The minimum absolute atomic E-state index is 0.0139. The second-order valence-corrected chi connectivity index (χ2v) is 5.79. The van der Waals surface area contributed by atoms with Crippen molar-refractivity contribution < 1.29 is 22.7 Å². The normalized spacial score (nSPS) is 10.9. The molecule has 3 nitrogen and oxygen atoms in total. The van der Waals surface area contributed by atoms with E-state index in [0.29, 0.717) is 5.76 Å². The van der Waals surface area contributed by atoms with Gasteiger partial charge in [0, 0.05) is 16.3 Å². The van der Waals surface area contributed by atoms with Gasteiger partial charge in [0.25, 0.3) is 0 Å². The van der Waals surface area contributed by atoms with Crippen LogP contribution >= 0.6 is 11.8 Å². The van der Waals surface area contributed by atoms with Gasteiger partial charge in [-0.05, 0) is 24.3 Å². The molecule has 0 bridgehead atoms. The summed E-state index contributed by atoms with van der Waals surface area (Å²) < 4.78 is 36.9. The van der Waals surface area contributed by atoms with E-state index < -0.39 is 17.6 Å². The average Bonchev–Trinajstić information content (AvgIpc) is 2.95. The number of hydrogen-bond acceptors (Lipinski definition) is 4. The monoisotopic (exact) mass is 334 g/mol. The van der Waals surface area contributed by atoms with Crippen molar-refractivity contribution in [2.75, 3.05) is 5.75 Å². The zero-order chi connectivity index (χ0) is 16.2. The lowest BCUT2D eigenvalue weighted by Crippen LogP contribution is -2.07. The van der Waals surface area contributed by atoms with E-state index in [2.05, 4.69) is 0 Å². The first kappa shape index (κ1) is 15.6. The number of halogens is 2. The molecule has 0 fully saturated rings. The summed E-state index contributed by atoms with van der Waals surface area (Å²) in [6.07, 6.45) is 0. The quantitative estimate of drug-likeness (QED) is 0.507. The fraction of sp³-hybridized carbons (Fsp3) is 0.118. The Balaban J connectivity index is 1.53. The van der Waals surface area contributed by atoms with Crippen molar-refractivity contribution in [2.24, 2.45) is 0 Å². The number of ether oxygens (including phenoxy) is 1. The molecule has 2 aromatic carbocycles. The van der Waals surface area contributed by atoms with Crippen LogP contribution in [-0.4, -0.2) is 11.7 Å². The lowest BCUT2D eigenvalue weighted by Gasteiger charge is -2.04. The molecule has 6 heteroatoms. The number of benzene rings is 2. The van der Waals surface area contributed by atoms with Crippen molar-refractivity contribution >= 4 is 28.7 Å². The molecule has 1 aromatic heterocycles. The summed E-state index contributed by atoms with van der Waals surface area (Å²) in [5.74, 6) is -1.38. The fourth-order valence-electron chi connectivity index (χ4n) is 2.03. The second-order valence-electron chi connectivity index (χ2n) is 4.77. The van der Waals surface area contributed by atoms with Gasteiger partial charge >= 0.3 is 5.97 Å². The van der Waals surface area contributed by atoms with Gasteiger partial charge in [-0.25, -0.2) is 8.78 Å². The van der Waals surface area contributed by atoms with Crippen molar-refractivity contribution in [3.05, 3.63) is 65.9 Å². The van der Waals surface area contributed by atoms with E-state index in [1.807, 2.05) is 24.3 Å². The molecule has 0 saturated heterocycles. The Bertz CT molecular complexity index is 812. The Kier molecular flexibility index (Phi) is 4.62. The van der Waals surface area contributed by atoms with Crippen molar-refractivity contribution in [1.29, 1.82) is 0 Å². The topological polar surface area (TPSA) is 39.4 Å². The lowest BCUT2D eigenvalue weighted by atomic mass is 10.2. The average molecular weight is 334 g/mol. The molecule has 118 valence electrons. The van der Waals surface area contributed by atoms with Gasteiger partial charge in [-0.3, -0.25) is 4.79 Å². The summed E-state index contributed by atoms with van der Waals surface area (Å²) in [6, 6.07) is 12.5. The summed E-state index contributed by atoms with van der Waals surface area (Å²) in [7, 11) is 0. The maximum atomic E-state index is 13.4. The van der Waals surface area contributed by atoms with E-state index in [1.165, 1.54) is 6.07 Å². The molecule has 0 atom stereocenters. The molecule has 0 aliphatic rings. The third-order valence-electron chi connectivity index (χ3n) is 3.09. The molecule has 0 radical (unpaired) electrons. The Morgan fingerprint density at radius 1 is 1.13 bits per heavy atom. The number of esters is 1. The van der Waals surface area contributed by atoms with E-state index in [1.54, 1.807) is 6.07 Å². The van der Waals surface area contributed by atoms with Crippen LogP contribution in [0.1, 0.15) is 5.76 Å². The van der Waals surface area contributed by atoms with Crippen LogP contribution in [0.15, 0.2) is 57.8 Å². The van der Waals surface area contributed by atoms with Gasteiger partial charge in [0.05, 0.1) is 5.75 Å². The zero-order valence-electron chi connectivity index (χ0n) is 11.9. The molecule has 0 saturated carbocycles. The molecule has 3 aromatic rings. The fourth-order valence-corrected chi connectivity index (χ4v) is 2.75. The molecule has 0 N–H and O–H groups in total. The number of thioether (sulfide) groups is 1. The third kappa shape index (κ3) is 3.90. The molecular weight excluding hydrogens is 322 g/mol. The van der Waals surface area contributed by atoms with Crippen LogP contribution in [0, 0.1) is 11.6 Å². The first-order valence-corrected chi connectivity index (χ1v) is 7.81. The van der Waals surface area contributed by atoms with Crippen molar-refractivity contribution in [1.82, 2.24) is 0 Å². The zero-order valence-corrected chi connectivity index (χ0v) is 12.7. The molecule has 0 aliphatic carbocycles. The largest absolute Gasteiger partial charge is 0.457 e. The van der Waals surface area contributed by atoms with Crippen LogP contribution < -0.4 is 0 Å². The Morgan fingerprint density at radius 3 is 2.74 bits per heavy atom. The first-order chi connectivity index (χ1) is 11.1. The second kappa shape index (κ2) is 6.83. The van der Waals surface area contributed by atoms with Crippen LogP contribution in [0.25, 0.3) is 11.0 Å². The lowest BCUT2D eigenvalue weighted by molar-refractivity contribution is -0.142. The van der Waals surface area contributed by atoms with Gasteiger partial charge in [-0.1, -0.05) is 18.2 Å². The highest BCUT2D eigenvalue weighted by molar-refractivity contribution is 8.00. The Morgan fingerprint density at radius 2 is 1.96 bits per heavy atom. The molecule has 23 heavy (non-hydrogen) atoms. The number of rotatable bonds is 5. The van der Waals surface area contributed by atoms with Crippen LogP contribution in [0.3, 0.4) is 0 Å². The van der Waals surface area contributed by atoms with Gasteiger partial charge in [-0.2, -0.15) is 0 Å². The summed E-state index contributed by atoms with van der Waals surface area (Å²) in [4.78, 5) is 11.9. The number of fused-ring (bicyclic) bond motifs is 1. The minimum Gasteiger partial charge on any atom is -0.457 e. The highest BCUT2D eigenvalue weighted by Crippen LogP contribution is 2.23. The first-order valence-electron chi connectivity index (χ1n) is 6.83. The van der Waals surface area contributed by atoms with Crippen LogP contribution in [0.2, 0.25) is 0 Å². The summed E-state index contributed by atoms with van der Waals surface area (Å²) in [6.45, 7) is 0.0139. The standard InChI is InChI=1S/C17H12F2O3S/c18-12-5-6-16(14(19)8-12)23-10-17(20)21-9-13-7-11-3-1-2-4-15(11)22-13/h1-8H,9-10H2. The number of carbonyl (C=O) groups is 1. The maximum absolute atomic E-state index is 13.4. The molecule has 0 amide bonds. The molecule has 0 unspecified atom stereocenters. The Hall–Kier alpha value is -2.34. The molecule has 1 heterocycles. The molecule has 3 rings (SSSR count). The molecular formula is C17H12F2O3S. The highest BCUT2D eigenvalue weighted by Gasteiger charge is 2.10. The summed E-state index contributed by atoms with van der Waals surface area (Å²) >= 11 is 0.957. The van der Waals surface area contributed by atoms with E-state index in [0.717, 1.165) is 34.9 Å². The van der Waals surface area contributed by atoms with Gasteiger partial charge in [0.2, 0.25) is 0 Å². The van der Waals surface area contributed by atoms with Gasteiger partial charge in [-0.15, -0.1) is 11.8 Å². The van der Waals surface area contributed by atoms with Gasteiger partial charge in [0.1, 0.15) is 29.6 Å². The van der Waals surface area contributed by atoms with Crippen molar-refractivity contribution in [3.63, 3.8) is 0 Å². The van der Waals surface area contributed by atoms with E-state index >= 15 is 0 Å². The number of hydrogen-bond donors (Lipinski definition) is 0. The smallest absolute Gasteiger partial charge is 0.316 e. The SMILES string of the molecule is O=C(CSc1ccc(F)cc1F)OCc1cc2ccccc2o1. The van der Waals surface area contributed by atoms with Crippen LogP contribution in [-0.2, 0) is 16.1 Å². The minimum atomic E-state index is -0.694. The van der Waals surface area contributed by atoms with Crippen LogP contribution in [0.5, 0.6) is 0 Å². The molecule has 0 spiro atoms. The number of carbonyl (C=O) groups excluding carboxylic acids is 1.